The highest BCUT2D eigenvalue weighted by atomic mass is 16.5. The summed E-state index contributed by atoms with van der Waals surface area (Å²) in [6.45, 7) is 3.17. The summed E-state index contributed by atoms with van der Waals surface area (Å²) < 4.78 is 4.38. The van der Waals surface area contributed by atoms with Gasteiger partial charge in [0, 0.05) is 6.07 Å². The van der Waals surface area contributed by atoms with Crippen molar-refractivity contribution < 1.29 is 19.4 Å². The molecule has 13 heavy (non-hydrogen) atoms. The van der Waals surface area contributed by atoms with Gasteiger partial charge in [-0.1, -0.05) is 6.58 Å². The molecule has 0 unspecified atom stereocenters. The Labute approximate surface area is 72.8 Å². The van der Waals surface area contributed by atoms with Crippen LogP contribution in [0.5, 0.6) is 0 Å². The number of carbonyl (C=O) groups is 2. The molecule has 0 saturated carbocycles. The first-order valence-corrected chi connectivity index (χ1v) is 3.25. The predicted molar refractivity (Wildman–Crippen MR) is 41.2 cm³/mol. The standard InChI is InChI=1S/C7H6N2O4/c1-2-13-7(12)5-3-4(6(10)11)8-9-5/h2-3H,1H2,(H,8,9)(H,10,11). The molecule has 1 heterocycles. The molecule has 68 valence electrons. The van der Waals surface area contributed by atoms with Crippen LogP contribution in [-0.4, -0.2) is 27.2 Å². The molecule has 0 aromatic carbocycles. The highest BCUT2D eigenvalue weighted by Gasteiger charge is 2.13. The minimum atomic E-state index is -1.21. The minimum absolute atomic E-state index is 0.0303. The normalized spacial score (nSPS) is 9.23. The number of aromatic carboxylic acids is 1. The molecule has 0 radical (unpaired) electrons. The summed E-state index contributed by atoms with van der Waals surface area (Å²) >= 11 is 0. The summed E-state index contributed by atoms with van der Waals surface area (Å²) in [5.74, 6) is -1.94. The van der Waals surface area contributed by atoms with Gasteiger partial charge in [0.1, 0.15) is 5.69 Å². The van der Waals surface area contributed by atoms with E-state index in [4.69, 9.17) is 5.11 Å². The Balaban J connectivity index is 2.85. The number of carbonyl (C=O) groups excluding carboxylic acids is 1. The molecule has 0 aliphatic rings. The maximum absolute atomic E-state index is 10.9. The Morgan fingerprint density at radius 3 is 2.85 bits per heavy atom. The lowest BCUT2D eigenvalue weighted by Crippen LogP contribution is -2.00. The van der Waals surface area contributed by atoms with Gasteiger partial charge in [0.05, 0.1) is 6.26 Å². The highest BCUT2D eigenvalue weighted by Crippen LogP contribution is 2.01. The maximum Gasteiger partial charge on any atom is 0.361 e. The number of hydrogen-bond donors (Lipinski definition) is 2. The molecule has 1 aromatic heterocycles. The fraction of sp³-hybridized carbons (Fsp3) is 0. The predicted octanol–water partition coefficient (Wildman–Crippen LogP) is 0.408. The summed E-state index contributed by atoms with van der Waals surface area (Å²) in [7, 11) is 0. The van der Waals surface area contributed by atoms with Crippen LogP contribution in [0.1, 0.15) is 21.0 Å². The molecular weight excluding hydrogens is 176 g/mol. The lowest BCUT2D eigenvalue weighted by molar-refractivity contribution is 0.0656. The lowest BCUT2D eigenvalue weighted by atomic mass is 10.3. The first-order valence-electron chi connectivity index (χ1n) is 3.25. The molecule has 1 aromatic rings. The number of nitrogens with one attached hydrogen (secondary N) is 1. The van der Waals surface area contributed by atoms with Gasteiger partial charge in [-0.2, -0.15) is 5.10 Å². The van der Waals surface area contributed by atoms with Gasteiger partial charge in [0.25, 0.3) is 0 Å². The molecule has 0 amide bonds. The van der Waals surface area contributed by atoms with Gasteiger partial charge in [-0.05, 0) is 0 Å². The monoisotopic (exact) mass is 182 g/mol. The van der Waals surface area contributed by atoms with Crippen LogP contribution in [-0.2, 0) is 4.74 Å². The van der Waals surface area contributed by atoms with Gasteiger partial charge in [-0.25, -0.2) is 9.59 Å². The molecule has 6 heteroatoms. The summed E-state index contributed by atoms with van der Waals surface area (Å²) in [5, 5.41) is 14.0. The van der Waals surface area contributed by atoms with Crippen molar-refractivity contribution in [3.05, 3.63) is 30.3 Å². The Morgan fingerprint density at radius 1 is 1.69 bits per heavy atom. The maximum atomic E-state index is 10.9. The zero-order valence-corrected chi connectivity index (χ0v) is 6.48. The minimum Gasteiger partial charge on any atom is -0.476 e. The van der Waals surface area contributed by atoms with E-state index in [0.29, 0.717) is 0 Å². The van der Waals surface area contributed by atoms with Gasteiger partial charge in [0.15, 0.2) is 5.69 Å². The quantitative estimate of drug-likeness (QED) is 0.521. The summed E-state index contributed by atoms with van der Waals surface area (Å²) in [5.41, 5.74) is -0.270. The number of esters is 1. The van der Waals surface area contributed by atoms with Gasteiger partial charge in [0.2, 0.25) is 0 Å². The average Bonchev–Trinajstić information content (AvgIpc) is 2.52. The topological polar surface area (TPSA) is 92.3 Å². The zero-order chi connectivity index (χ0) is 9.84. The molecule has 1 rings (SSSR count). The van der Waals surface area contributed by atoms with Crippen molar-refractivity contribution in [2.75, 3.05) is 0 Å². The molecule has 0 spiro atoms. The number of aromatic amines is 1. The van der Waals surface area contributed by atoms with Crippen LogP contribution in [0.2, 0.25) is 0 Å². The number of carboxylic acids is 1. The SMILES string of the molecule is C=COC(=O)c1cc(C(=O)O)n[nH]1. The molecule has 2 N–H and O–H groups in total. The van der Waals surface area contributed by atoms with E-state index < -0.39 is 11.9 Å². The van der Waals surface area contributed by atoms with Gasteiger partial charge >= 0.3 is 11.9 Å². The molecule has 6 nitrogen and oxygen atoms in total. The number of hydrogen-bond acceptors (Lipinski definition) is 4. The van der Waals surface area contributed by atoms with Crippen LogP contribution in [0.25, 0.3) is 0 Å². The van der Waals surface area contributed by atoms with Crippen molar-refractivity contribution in [3.63, 3.8) is 0 Å². The molecule has 0 fully saturated rings. The highest BCUT2D eigenvalue weighted by molar-refractivity contribution is 5.92. The van der Waals surface area contributed by atoms with Crippen LogP contribution in [0.4, 0.5) is 0 Å². The van der Waals surface area contributed by atoms with Crippen molar-refractivity contribution in [2.45, 2.75) is 0 Å². The Hall–Kier alpha value is -2.11. The van der Waals surface area contributed by atoms with Crippen molar-refractivity contribution in [2.24, 2.45) is 0 Å². The van der Waals surface area contributed by atoms with E-state index in [2.05, 4.69) is 21.5 Å². The number of aromatic nitrogens is 2. The summed E-state index contributed by atoms with van der Waals surface area (Å²) in [6, 6.07) is 1.08. The van der Waals surface area contributed by atoms with Crippen molar-refractivity contribution in [1.29, 1.82) is 0 Å². The molecule has 0 bridgehead atoms. The van der Waals surface area contributed by atoms with E-state index >= 15 is 0 Å². The first-order chi connectivity index (χ1) is 6.15. The van der Waals surface area contributed by atoms with E-state index in [-0.39, 0.29) is 11.4 Å². The van der Waals surface area contributed by atoms with E-state index in [1.54, 1.807) is 0 Å². The second-order valence-corrected chi connectivity index (χ2v) is 2.04. The number of rotatable bonds is 3. The Kier molecular flexibility index (Phi) is 2.44. The molecule has 0 atom stereocenters. The number of ether oxygens (including phenoxy) is 1. The van der Waals surface area contributed by atoms with Crippen LogP contribution in [0.15, 0.2) is 18.9 Å². The fourth-order valence-electron chi connectivity index (χ4n) is 0.675. The smallest absolute Gasteiger partial charge is 0.361 e. The summed E-state index contributed by atoms with van der Waals surface area (Å²) in [6.07, 6.45) is 0.948. The lowest BCUT2D eigenvalue weighted by Gasteiger charge is -1.91. The van der Waals surface area contributed by atoms with Crippen LogP contribution >= 0.6 is 0 Å². The van der Waals surface area contributed by atoms with Gasteiger partial charge < -0.3 is 9.84 Å². The van der Waals surface area contributed by atoms with Crippen LogP contribution in [0.3, 0.4) is 0 Å². The van der Waals surface area contributed by atoms with Crippen molar-refractivity contribution >= 4 is 11.9 Å². The largest absolute Gasteiger partial charge is 0.476 e. The number of H-pyrrole nitrogens is 1. The number of nitrogens with zero attached hydrogens (tertiary/aromatic N) is 1. The van der Waals surface area contributed by atoms with Crippen LogP contribution < -0.4 is 0 Å². The van der Waals surface area contributed by atoms with E-state index in [1.165, 1.54) is 0 Å². The van der Waals surface area contributed by atoms with Crippen molar-refractivity contribution in [3.8, 4) is 0 Å². The average molecular weight is 182 g/mol. The summed E-state index contributed by atoms with van der Waals surface area (Å²) in [4.78, 5) is 21.3. The molecule has 0 saturated heterocycles. The molecule has 0 aliphatic carbocycles. The third-order valence-electron chi connectivity index (χ3n) is 1.21. The van der Waals surface area contributed by atoms with Gasteiger partial charge in [-0.3, -0.25) is 5.10 Å². The molecule has 0 aliphatic heterocycles. The van der Waals surface area contributed by atoms with E-state index in [9.17, 15) is 9.59 Å². The zero-order valence-electron chi connectivity index (χ0n) is 6.48. The van der Waals surface area contributed by atoms with Crippen molar-refractivity contribution in [1.82, 2.24) is 10.2 Å². The number of carboxylic acid groups (broad SMARTS) is 1. The Morgan fingerprint density at radius 2 is 2.38 bits per heavy atom. The Bertz CT molecular complexity index is 355. The van der Waals surface area contributed by atoms with E-state index in [1.807, 2.05) is 0 Å². The third kappa shape index (κ3) is 1.92. The second kappa shape index (κ2) is 3.53. The van der Waals surface area contributed by atoms with E-state index in [0.717, 1.165) is 12.3 Å². The second-order valence-electron chi connectivity index (χ2n) is 2.04. The van der Waals surface area contributed by atoms with Crippen LogP contribution in [0, 0.1) is 0 Å². The first kappa shape index (κ1) is 8.98. The third-order valence-corrected chi connectivity index (χ3v) is 1.21. The fourth-order valence-corrected chi connectivity index (χ4v) is 0.675. The molecular formula is C7H6N2O4. The van der Waals surface area contributed by atoms with Gasteiger partial charge in [-0.15, -0.1) is 0 Å².